The minimum atomic E-state index is -3.82. The molecule has 1 atom stereocenters. The lowest BCUT2D eigenvalue weighted by atomic mass is 10.0. The Balaban J connectivity index is 1.49. The zero-order valence-corrected chi connectivity index (χ0v) is 20.8. The Bertz CT molecular complexity index is 1630. The summed E-state index contributed by atoms with van der Waals surface area (Å²) >= 11 is 6.25. The average Bonchev–Trinajstić information content (AvgIpc) is 2.91. The smallest absolute Gasteiger partial charge is 0.261 e. The second-order valence-corrected chi connectivity index (χ2v) is 10.3. The lowest BCUT2D eigenvalue weighted by Crippen LogP contribution is -2.13. The normalized spacial score (nSPS) is 12.3. The van der Waals surface area contributed by atoms with Crippen molar-refractivity contribution >= 4 is 43.9 Å². The van der Waals surface area contributed by atoms with E-state index in [4.69, 9.17) is 11.6 Å². The van der Waals surface area contributed by atoms with Crippen LogP contribution >= 0.6 is 11.6 Å². The number of sulfonamides is 1. The molecule has 0 amide bonds. The predicted molar refractivity (Wildman–Crippen MR) is 144 cm³/mol. The van der Waals surface area contributed by atoms with Gasteiger partial charge in [-0.05, 0) is 48.4 Å². The van der Waals surface area contributed by atoms with Gasteiger partial charge in [0.05, 0.1) is 28.0 Å². The van der Waals surface area contributed by atoms with Gasteiger partial charge >= 0.3 is 0 Å². The molecule has 0 saturated heterocycles. The summed E-state index contributed by atoms with van der Waals surface area (Å²) in [4.78, 5) is 4.36. The molecule has 0 aliphatic rings. The van der Waals surface area contributed by atoms with E-state index in [1.165, 1.54) is 12.1 Å². The number of pyridine rings is 1. The number of hydrogen-bond donors (Lipinski definition) is 2. The molecule has 5 aromatic rings. The zero-order valence-electron chi connectivity index (χ0n) is 19.3. The third-order valence-electron chi connectivity index (χ3n) is 5.78. The van der Waals surface area contributed by atoms with Crippen molar-refractivity contribution in [3.8, 4) is 11.1 Å². The summed E-state index contributed by atoms with van der Waals surface area (Å²) in [6.45, 7) is 2.08. The van der Waals surface area contributed by atoms with Crippen molar-refractivity contribution in [2.75, 3.05) is 10.0 Å². The summed E-state index contributed by atoms with van der Waals surface area (Å²) < 4.78 is 28.2. The van der Waals surface area contributed by atoms with Crippen LogP contribution in [-0.4, -0.2) is 23.6 Å². The number of rotatable bonds is 7. The van der Waals surface area contributed by atoms with Crippen molar-refractivity contribution in [2.45, 2.75) is 17.9 Å². The first kappa shape index (κ1) is 23.7. The highest BCUT2D eigenvalue weighted by Gasteiger charge is 2.17. The van der Waals surface area contributed by atoms with Crippen LogP contribution in [0.4, 0.5) is 11.4 Å². The molecule has 7 nitrogen and oxygen atoms in total. The molecule has 0 radical (unpaired) electrons. The fourth-order valence-electron chi connectivity index (χ4n) is 3.89. The van der Waals surface area contributed by atoms with Crippen molar-refractivity contribution in [1.29, 1.82) is 0 Å². The van der Waals surface area contributed by atoms with E-state index in [1.807, 2.05) is 36.4 Å². The van der Waals surface area contributed by atoms with Crippen LogP contribution in [0.2, 0.25) is 5.15 Å². The molecular formula is C27H22ClN5O2S. The number of benzene rings is 3. The Morgan fingerprint density at radius 1 is 0.833 bits per heavy atom. The molecule has 3 aromatic carbocycles. The Morgan fingerprint density at radius 3 is 2.31 bits per heavy atom. The minimum Gasteiger partial charge on any atom is -0.377 e. The van der Waals surface area contributed by atoms with Gasteiger partial charge in [-0.15, -0.1) is 0 Å². The second kappa shape index (κ2) is 9.93. The zero-order chi connectivity index (χ0) is 25.1. The number of halogens is 1. The Morgan fingerprint density at radius 2 is 1.56 bits per heavy atom. The van der Waals surface area contributed by atoms with Crippen molar-refractivity contribution in [2.24, 2.45) is 0 Å². The molecule has 0 fully saturated rings. The van der Waals surface area contributed by atoms with E-state index in [0.717, 1.165) is 27.7 Å². The van der Waals surface area contributed by atoms with Gasteiger partial charge < -0.3 is 5.32 Å². The van der Waals surface area contributed by atoms with E-state index in [0.29, 0.717) is 5.56 Å². The maximum atomic E-state index is 12.8. The molecule has 0 bridgehead atoms. The van der Waals surface area contributed by atoms with E-state index in [2.05, 4.69) is 44.3 Å². The maximum absolute atomic E-state index is 12.8. The molecule has 5 rings (SSSR count). The van der Waals surface area contributed by atoms with Crippen molar-refractivity contribution in [3.63, 3.8) is 0 Å². The van der Waals surface area contributed by atoms with E-state index < -0.39 is 10.0 Å². The fourth-order valence-corrected chi connectivity index (χ4v) is 5.18. The monoisotopic (exact) mass is 515 g/mol. The first-order valence-electron chi connectivity index (χ1n) is 11.2. The van der Waals surface area contributed by atoms with E-state index in [1.54, 1.807) is 36.7 Å². The number of anilines is 2. The third-order valence-corrected chi connectivity index (χ3v) is 7.46. The molecule has 36 heavy (non-hydrogen) atoms. The number of fused-ring (bicyclic) bond motifs is 1. The summed E-state index contributed by atoms with van der Waals surface area (Å²) in [6, 6.07) is 25.7. The molecular weight excluding hydrogens is 494 g/mol. The van der Waals surface area contributed by atoms with Gasteiger partial charge in [-0.1, -0.05) is 66.2 Å². The van der Waals surface area contributed by atoms with Crippen molar-refractivity contribution < 1.29 is 8.42 Å². The van der Waals surface area contributed by atoms with Crippen molar-refractivity contribution in [3.05, 3.63) is 108 Å². The lowest BCUT2D eigenvalue weighted by Gasteiger charge is -2.17. The van der Waals surface area contributed by atoms with Crippen molar-refractivity contribution in [1.82, 2.24) is 15.2 Å². The summed E-state index contributed by atoms with van der Waals surface area (Å²) in [5.41, 5.74) is 4.44. The number of hydrogen-bond acceptors (Lipinski definition) is 6. The molecule has 180 valence electrons. The molecule has 2 aromatic heterocycles. The fraction of sp³-hybridized carbons (Fsp3) is 0.0741. The standard InChI is InChI=1S/C27H22ClN5O2S/c1-18(19-8-4-2-5-9-19)31-26-17-30-32-24-13-12-20(14-23(24)26)21-15-25(27(28)29-16-21)33-36(34,35)22-10-6-3-7-11-22/h2-18,33H,1H3,(H,31,32)/t18-/m1/s1. The van der Waals surface area contributed by atoms with Crippen LogP contribution in [-0.2, 0) is 10.0 Å². The molecule has 0 saturated carbocycles. The quantitative estimate of drug-likeness (QED) is 0.246. The van der Waals surface area contributed by atoms with Gasteiger partial charge in [0.15, 0.2) is 5.15 Å². The van der Waals surface area contributed by atoms with E-state index >= 15 is 0 Å². The maximum Gasteiger partial charge on any atom is 0.261 e. The van der Waals surface area contributed by atoms with Crippen LogP contribution in [0.15, 0.2) is 102 Å². The third kappa shape index (κ3) is 5.00. The van der Waals surface area contributed by atoms with Gasteiger partial charge in [0.25, 0.3) is 10.0 Å². The second-order valence-electron chi connectivity index (χ2n) is 8.25. The highest BCUT2D eigenvalue weighted by molar-refractivity contribution is 7.92. The summed E-state index contributed by atoms with van der Waals surface area (Å²) in [5.74, 6) is 0. The molecule has 0 aliphatic carbocycles. The minimum absolute atomic E-state index is 0.0541. The molecule has 0 aliphatic heterocycles. The molecule has 0 unspecified atom stereocenters. The number of aromatic nitrogens is 3. The number of nitrogens with zero attached hydrogens (tertiary/aromatic N) is 3. The Labute approximate surface area is 214 Å². The molecule has 0 spiro atoms. The summed E-state index contributed by atoms with van der Waals surface area (Å²) in [5, 5.41) is 12.8. The van der Waals surface area contributed by atoms with Gasteiger partial charge in [-0.25, -0.2) is 13.4 Å². The number of nitrogens with one attached hydrogen (secondary N) is 2. The van der Waals surface area contributed by atoms with Gasteiger partial charge in [-0.2, -0.15) is 10.2 Å². The predicted octanol–water partition coefficient (Wildman–Crippen LogP) is 6.32. The van der Waals surface area contributed by atoms with E-state index in [9.17, 15) is 8.42 Å². The van der Waals surface area contributed by atoms with Gasteiger partial charge in [-0.3, -0.25) is 4.72 Å². The van der Waals surface area contributed by atoms with Crippen LogP contribution in [0, 0.1) is 0 Å². The topological polar surface area (TPSA) is 96.9 Å². The van der Waals surface area contributed by atoms with Crippen LogP contribution in [0.1, 0.15) is 18.5 Å². The Hall–Kier alpha value is -4.01. The first-order chi connectivity index (χ1) is 17.4. The van der Waals surface area contributed by atoms with Gasteiger partial charge in [0.1, 0.15) is 0 Å². The molecule has 2 N–H and O–H groups in total. The lowest BCUT2D eigenvalue weighted by molar-refractivity contribution is 0.601. The van der Waals surface area contributed by atoms with Crippen LogP contribution in [0.3, 0.4) is 0 Å². The van der Waals surface area contributed by atoms with Crippen LogP contribution in [0.25, 0.3) is 22.0 Å². The SMILES string of the molecule is C[C@@H](Nc1cnnc2ccc(-c3cnc(Cl)c(NS(=O)(=O)c4ccccc4)c3)cc12)c1ccccc1. The van der Waals surface area contributed by atoms with Crippen LogP contribution < -0.4 is 10.0 Å². The molecule has 2 heterocycles. The molecule has 9 heteroatoms. The summed E-state index contributed by atoms with van der Waals surface area (Å²) in [6.07, 6.45) is 3.31. The largest absolute Gasteiger partial charge is 0.377 e. The Kier molecular flexibility index (Phi) is 6.54. The average molecular weight is 516 g/mol. The van der Waals surface area contributed by atoms with Gasteiger partial charge in [0.2, 0.25) is 0 Å². The summed E-state index contributed by atoms with van der Waals surface area (Å²) in [7, 11) is -3.82. The van der Waals surface area contributed by atoms with Crippen LogP contribution in [0.5, 0.6) is 0 Å². The highest BCUT2D eigenvalue weighted by atomic mass is 35.5. The van der Waals surface area contributed by atoms with E-state index in [-0.39, 0.29) is 21.8 Å². The highest BCUT2D eigenvalue weighted by Crippen LogP contribution is 2.32. The van der Waals surface area contributed by atoms with Gasteiger partial charge in [0, 0.05) is 23.2 Å². The first-order valence-corrected chi connectivity index (χ1v) is 13.1.